The average Bonchev–Trinajstić information content (AvgIpc) is 2.97. The summed E-state index contributed by atoms with van der Waals surface area (Å²) in [5.74, 6) is 0. The second-order valence-electron chi connectivity index (χ2n) is 6.64. The molecule has 1 aliphatic heterocycles. The standard InChI is InChI=1S/C15H24N2S/c1-14(2)11-16-15(6-3-4-7-15)12-17(14)9-13-5-8-18-10-13/h5,8,10,16H,3-4,6-7,9,11-12H2,1-2H3. The number of thiophene rings is 1. The lowest BCUT2D eigenvalue weighted by Gasteiger charge is -2.51. The van der Waals surface area contributed by atoms with Gasteiger partial charge in [-0.3, -0.25) is 4.90 Å². The SMILES string of the molecule is CC1(C)CNC2(CCCC2)CN1Cc1ccsc1. The van der Waals surface area contributed by atoms with Gasteiger partial charge < -0.3 is 5.32 Å². The first kappa shape index (κ1) is 12.6. The molecule has 1 saturated carbocycles. The third-order valence-corrected chi connectivity index (χ3v) is 5.49. The normalized spacial score (nSPS) is 26.8. The summed E-state index contributed by atoms with van der Waals surface area (Å²) in [5, 5.41) is 8.34. The molecule has 2 fully saturated rings. The van der Waals surface area contributed by atoms with Gasteiger partial charge in [0.15, 0.2) is 0 Å². The Bertz CT molecular complexity index is 391. The smallest absolute Gasteiger partial charge is 0.0309 e. The van der Waals surface area contributed by atoms with Crippen molar-refractivity contribution < 1.29 is 0 Å². The van der Waals surface area contributed by atoms with Crippen molar-refractivity contribution in [3.05, 3.63) is 22.4 Å². The molecule has 0 unspecified atom stereocenters. The Labute approximate surface area is 114 Å². The number of hydrogen-bond acceptors (Lipinski definition) is 3. The number of nitrogens with one attached hydrogen (secondary N) is 1. The van der Waals surface area contributed by atoms with Gasteiger partial charge in [0.25, 0.3) is 0 Å². The molecule has 0 amide bonds. The number of rotatable bonds is 2. The lowest BCUT2D eigenvalue weighted by molar-refractivity contribution is 0.0218. The van der Waals surface area contributed by atoms with Gasteiger partial charge >= 0.3 is 0 Å². The Kier molecular flexibility index (Phi) is 3.25. The highest BCUT2D eigenvalue weighted by molar-refractivity contribution is 7.07. The minimum absolute atomic E-state index is 0.274. The average molecular weight is 264 g/mol. The van der Waals surface area contributed by atoms with Crippen LogP contribution in [-0.2, 0) is 6.54 Å². The maximum atomic E-state index is 3.86. The highest BCUT2D eigenvalue weighted by Crippen LogP contribution is 2.36. The zero-order chi connectivity index (χ0) is 12.6. The van der Waals surface area contributed by atoms with E-state index in [4.69, 9.17) is 0 Å². The summed E-state index contributed by atoms with van der Waals surface area (Å²) in [6.45, 7) is 8.19. The Balaban J connectivity index is 1.76. The van der Waals surface area contributed by atoms with E-state index in [9.17, 15) is 0 Å². The summed E-state index contributed by atoms with van der Waals surface area (Å²) in [6, 6.07) is 2.27. The number of nitrogens with zero attached hydrogens (tertiary/aromatic N) is 1. The van der Waals surface area contributed by atoms with Gasteiger partial charge in [-0.25, -0.2) is 0 Å². The first-order valence-electron chi connectivity index (χ1n) is 7.11. The summed E-state index contributed by atoms with van der Waals surface area (Å²) in [7, 11) is 0. The second kappa shape index (κ2) is 4.62. The molecular formula is C15H24N2S. The Hall–Kier alpha value is -0.380. The van der Waals surface area contributed by atoms with E-state index in [0.717, 1.165) is 13.1 Å². The molecule has 0 radical (unpaired) electrons. The number of hydrogen-bond donors (Lipinski definition) is 1. The van der Waals surface area contributed by atoms with Gasteiger partial charge in [0.05, 0.1) is 0 Å². The van der Waals surface area contributed by atoms with Crippen LogP contribution in [0.15, 0.2) is 16.8 Å². The van der Waals surface area contributed by atoms with E-state index >= 15 is 0 Å². The lowest BCUT2D eigenvalue weighted by atomic mass is 9.87. The molecule has 3 heteroatoms. The molecule has 1 aliphatic carbocycles. The van der Waals surface area contributed by atoms with Crippen molar-refractivity contribution in [2.45, 2.75) is 57.2 Å². The number of piperazine rings is 1. The summed E-state index contributed by atoms with van der Waals surface area (Å²) in [4.78, 5) is 2.69. The van der Waals surface area contributed by atoms with Crippen molar-refractivity contribution in [2.75, 3.05) is 13.1 Å². The summed E-state index contributed by atoms with van der Waals surface area (Å²) < 4.78 is 0. The van der Waals surface area contributed by atoms with Crippen molar-refractivity contribution in [3.8, 4) is 0 Å². The fourth-order valence-electron chi connectivity index (χ4n) is 3.41. The van der Waals surface area contributed by atoms with Crippen LogP contribution in [0.4, 0.5) is 0 Å². The molecule has 1 saturated heterocycles. The molecule has 1 spiro atoms. The van der Waals surface area contributed by atoms with Gasteiger partial charge in [-0.2, -0.15) is 11.3 Å². The quantitative estimate of drug-likeness (QED) is 0.882. The van der Waals surface area contributed by atoms with Crippen molar-refractivity contribution >= 4 is 11.3 Å². The monoisotopic (exact) mass is 264 g/mol. The first-order chi connectivity index (χ1) is 8.60. The molecule has 1 aromatic rings. The van der Waals surface area contributed by atoms with E-state index in [1.807, 2.05) is 11.3 Å². The van der Waals surface area contributed by atoms with E-state index in [1.54, 1.807) is 0 Å². The molecule has 2 nitrogen and oxygen atoms in total. The minimum Gasteiger partial charge on any atom is -0.308 e. The van der Waals surface area contributed by atoms with Crippen molar-refractivity contribution in [1.29, 1.82) is 0 Å². The zero-order valence-corrected chi connectivity index (χ0v) is 12.4. The van der Waals surface area contributed by atoms with Gasteiger partial charge in [-0.1, -0.05) is 12.8 Å². The summed E-state index contributed by atoms with van der Waals surface area (Å²) in [6.07, 6.45) is 5.53. The fraction of sp³-hybridized carbons (Fsp3) is 0.733. The Morgan fingerprint density at radius 3 is 2.78 bits per heavy atom. The van der Waals surface area contributed by atoms with E-state index in [0.29, 0.717) is 5.54 Å². The predicted molar refractivity (Wildman–Crippen MR) is 78.0 cm³/mol. The molecule has 0 aromatic carbocycles. The molecule has 2 heterocycles. The zero-order valence-electron chi connectivity index (χ0n) is 11.5. The van der Waals surface area contributed by atoms with E-state index < -0.39 is 0 Å². The van der Waals surface area contributed by atoms with Crippen LogP contribution in [0.5, 0.6) is 0 Å². The van der Waals surface area contributed by atoms with Gasteiger partial charge in [0.1, 0.15) is 0 Å². The van der Waals surface area contributed by atoms with Crippen LogP contribution in [0.3, 0.4) is 0 Å². The first-order valence-corrected chi connectivity index (χ1v) is 8.05. The molecule has 0 bridgehead atoms. The van der Waals surface area contributed by atoms with Gasteiger partial charge in [0, 0.05) is 30.7 Å². The summed E-state index contributed by atoms with van der Waals surface area (Å²) in [5.41, 5.74) is 2.17. The molecule has 2 aliphatic rings. The highest BCUT2D eigenvalue weighted by atomic mass is 32.1. The third kappa shape index (κ3) is 2.36. The maximum Gasteiger partial charge on any atom is 0.0309 e. The van der Waals surface area contributed by atoms with E-state index in [-0.39, 0.29) is 5.54 Å². The fourth-order valence-corrected chi connectivity index (χ4v) is 4.07. The van der Waals surface area contributed by atoms with Crippen LogP contribution >= 0.6 is 11.3 Å². The van der Waals surface area contributed by atoms with Crippen LogP contribution < -0.4 is 5.32 Å². The third-order valence-electron chi connectivity index (χ3n) is 4.76. The molecule has 1 N–H and O–H groups in total. The molecule has 1 aromatic heterocycles. The molecule has 3 rings (SSSR count). The Morgan fingerprint density at radius 2 is 2.11 bits per heavy atom. The molecule has 100 valence electrons. The van der Waals surface area contributed by atoms with Crippen molar-refractivity contribution in [2.24, 2.45) is 0 Å². The highest BCUT2D eigenvalue weighted by Gasteiger charge is 2.43. The maximum absolute atomic E-state index is 3.86. The second-order valence-corrected chi connectivity index (χ2v) is 7.42. The molecular weight excluding hydrogens is 240 g/mol. The van der Waals surface area contributed by atoms with Gasteiger partial charge in [-0.15, -0.1) is 0 Å². The lowest BCUT2D eigenvalue weighted by Crippen LogP contribution is -2.66. The molecule has 0 atom stereocenters. The van der Waals surface area contributed by atoms with E-state index in [1.165, 1.54) is 37.8 Å². The van der Waals surface area contributed by atoms with Crippen molar-refractivity contribution in [3.63, 3.8) is 0 Å². The van der Waals surface area contributed by atoms with Gasteiger partial charge in [0.2, 0.25) is 0 Å². The predicted octanol–water partition coefficient (Wildman–Crippen LogP) is 3.24. The van der Waals surface area contributed by atoms with Crippen molar-refractivity contribution in [1.82, 2.24) is 10.2 Å². The summed E-state index contributed by atoms with van der Waals surface area (Å²) >= 11 is 1.81. The van der Waals surface area contributed by atoms with E-state index in [2.05, 4.69) is 40.9 Å². The van der Waals surface area contributed by atoms with Crippen LogP contribution in [0.25, 0.3) is 0 Å². The van der Waals surface area contributed by atoms with Gasteiger partial charge in [-0.05, 0) is 49.1 Å². The van der Waals surface area contributed by atoms with Crippen LogP contribution in [-0.4, -0.2) is 29.1 Å². The van der Waals surface area contributed by atoms with Crippen LogP contribution in [0, 0.1) is 0 Å². The Morgan fingerprint density at radius 1 is 1.33 bits per heavy atom. The largest absolute Gasteiger partial charge is 0.308 e. The minimum atomic E-state index is 0.274. The topological polar surface area (TPSA) is 15.3 Å². The molecule has 18 heavy (non-hydrogen) atoms. The van der Waals surface area contributed by atoms with Crippen LogP contribution in [0.2, 0.25) is 0 Å². The van der Waals surface area contributed by atoms with Crippen LogP contribution in [0.1, 0.15) is 45.1 Å².